The molecule has 0 aliphatic heterocycles. The molecule has 0 saturated heterocycles. The van der Waals surface area contributed by atoms with E-state index in [1.165, 1.54) is 0 Å². The van der Waals surface area contributed by atoms with Gasteiger partial charge in [0.15, 0.2) is 0 Å². The van der Waals surface area contributed by atoms with Crippen LogP contribution < -0.4 is 0 Å². The van der Waals surface area contributed by atoms with E-state index < -0.39 is 18.0 Å². The first kappa shape index (κ1) is 16.6. The third-order valence-electron chi connectivity index (χ3n) is 4.01. The predicted octanol–water partition coefficient (Wildman–Crippen LogP) is 5.47. The van der Waals surface area contributed by atoms with Crippen LogP contribution >= 0.6 is 23.2 Å². The van der Waals surface area contributed by atoms with Gasteiger partial charge in [0, 0.05) is 22.4 Å². The molecular formula is C15H15Cl2F3O. The second-order valence-electron chi connectivity index (χ2n) is 5.45. The Labute approximate surface area is 131 Å². The van der Waals surface area contributed by atoms with Gasteiger partial charge in [-0.1, -0.05) is 35.7 Å². The second-order valence-corrected chi connectivity index (χ2v) is 6.26. The van der Waals surface area contributed by atoms with Crippen LogP contribution in [0.5, 0.6) is 0 Å². The van der Waals surface area contributed by atoms with Crippen LogP contribution in [0.1, 0.15) is 31.2 Å². The van der Waals surface area contributed by atoms with Gasteiger partial charge in [0.2, 0.25) is 0 Å². The van der Waals surface area contributed by atoms with Crippen LogP contribution in [-0.2, 0) is 11.2 Å². The molecule has 1 saturated carbocycles. The number of ketones is 1. The zero-order chi connectivity index (χ0) is 15.6. The van der Waals surface area contributed by atoms with Gasteiger partial charge in [0.25, 0.3) is 0 Å². The fourth-order valence-corrected chi connectivity index (χ4v) is 3.33. The van der Waals surface area contributed by atoms with E-state index in [2.05, 4.69) is 0 Å². The molecule has 21 heavy (non-hydrogen) atoms. The molecule has 1 aromatic carbocycles. The van der Waals surface area contributed by atoms with Crippen molar-refractivity contribution in [3.63, 3.8) is 0 Å². The molecule has 116 valence electrons. The Morgan fingerprint density at radius 2 is 1.81 bits per heavy atom. The van der Waals surface area contributed by atoms with Crippen molar-refractivity contribution in [1.82, 2.24) is 0 Å². The van der Waals surface area contributed by atoms with Crippen molar-refractivity contribution in [1.29, 1.82) is 0 Å². The van der Waals surface area contributed by atoms with Gasteiger partial charge in [-0.2, -0.15) is 13.2 Å². The first-order valence-electron chi connectivity index (χ1n) is 6.81. The third-order valence-corrected chi connectivity index (χ3v) is 4.71. The summed E-state index contributed by atoms with van der Waals surface area (Å²) in [5.41, 5.74) is 0.500. The number of Topliss-reactive ketones (excluding diaryl/α,β-unsaturated/α-hetero) is 1. The molecule has 1 aromatic rings. The summed E-state index contributed by atoms with van der Waals surface area (Å²) in [4.78, 5) is 12.3. The van der Waals surface area contributed by atoms with Gasteiger partial charge in [0.1, 0.15) is 5.78 Å². The van der Waals surface area contributed by atoms with E-state index >= 15 is 0 Å². The molecule has 0 aromatic heterocycles. The molecule has 1 aliphatic carbocycles. The summed E-state index contributed by atoms with van der Waals surface area (Å²) in [6.45, 7) is 0. The standard InChI is InChI=1S/C15H15Cl2F3O/c16-12-5-2-6-13(17)11(12)8-14(21)9-3-1-4-10(7-9)15(18,19)20/h2,5-6,9-10H,1,3-4,7-8H2. The molecule has 2 atom stereocenters. The van der Waals surface area contributed by atoms with Crippen molar-refractivity contribution < 1.29 is 18.0 Å². The molecule has 1 nitrogen and oxygen atoms in total. The van der Waals surface area contributed by atoms with Crippen molar-refractivity contribution in [2.75, 3.05) is 0 Å². The van der Waals surface area contributed by atoms with Crippen molar-refractivity contribution in [2.45, 2.75) is 38.3 Å². The second kappa shape index (κ2) is 6.57. The summed E-state index contributed by atoms with van der Waals surface area (Å²) in [5.74, 6) is -2.14. The van der Waals surface area contributed by atoms with Crippen LogP contribution in [0.4, 0.5) is 13.2 Å². The highest BCUT2D eigenvalue weighted by molar-refractivity contribution is 6.36. The zero-order valence-electron chi connectivity index (χ0n) is 11.2. The van der Waals surface area contributed by atoms with Crippen LogP contribution in [0.2, 0.25) is 10.0 Å². The maximum Gasteiger partial charge on any atom is 0.391 e. The first-order chi connectivity index (χ1) is 9.79. The van der Waals surface area contributed by atoms with Crippen molar-refractivity contribution in [2.24, 2.45) is 11.8 Å². The van der Waals surface area contributed by atoms with Crippen molar-refractivity contribution in [3.05, 3.63) is 33.8 Å². The Balaban J connectivity index is 2.07. The first-order valence-corrected chi connectivity index (χ1v) is 7.57. The van der Waals surface area contributed by atoms with E-state index in [4.69, 9.17) is 23.2 Å². The largest absolute Gasteiger partial charge is 0.391 e. The number of rotatable bonds is 3. The third kappa shape index (κ3) is 4.13. The minimum absolute atomic E-state index is 0.00620. The molecule has 1 aliphatic rings. The summed E-state index contributed by atoms with van der Waals surface area (Å²) in [5, 5.41) is 0.748. The van der Waals surface area contributed by atoms with Gasteiger partial charge in [-0.15, -0.1) is 0 Å². The van der Waals surface area contributed by atoms with E-state index in [1.54, 1.807) is 18.2 Å². The highest BCUT2D eigenvalue weighted by Gasteiger charge is 2.43. The molecule has 0 amide bonds. The van der Waals surface area contributed by atoms with E-state index in [0.717, 1.165) is 0 Å². The quantitative estimate of drug-likeness (QED) is 0.713. The van der Waals surface area contributed by atoms with E-state index in [-0.39, 0.29) is 25.0 Å². The monoisotopic (exact) mass is 338 g/mol. The maximum atomic E-state index is 12.8. The molecule has 1 fully saturated rings. The molecule has 0 heterocycles. The summed E-state index contributed by atoms with van der Waals surface area (Å²) >= 11 is 12.0. The SMILES string of the molecule is O=C(Cc1c(Cl)cccc1Cl)C1CCCC(C(F)(F)F)C1. The highest BCUT2D eigenvalue weighted by Crippen LogP contribution is 2.40. The molecular weight excluding hydrogens is 324 g/mol. The molecule has 6 heteroatoms. The lowest BCUT2D eigenvalue weighted by Gasteiger charge is -2.29. The van der Waals surface area contributed by atoms with Gasteiger partial charge in [-0.3, -0.25) is 4.79 Å². The average molecular weight is 339 g/mol. The van der Waals surface area contributed by atoms with Crippen LogP contribution in [0.15, 0.2) is 18.2 Å². The van der Waals surface area contributed by atoms with Crippen molar-refractivity contribution in [3.8, 4) is 0 Å². The van der Waals surface area contributed by atoms with Crippen LogP contribution in [0.25, 0.3) is 0 Å². The molecule has 0 spiro atoms. The molecule has 0 N–H and O–H groups in total. The lowest BCUT2D eigenvalue weighted by molar-refractivity contribution is -0.186. The Bertz CT molecular complexity index is 508. The van der Waals surface area contributed by atoms with E-state index in [0.29, 0.717) is 28.5 Å². The number of halogens is 5. The number of carbonyl (C=O) groups excluding carboxylic acids is 1. The summed E-state index contributed by atoms with van der Waals surface area (Å²) < 4.78 is 38.3. The maximum absolute atomic E-state index is 12.8. The molecule has 0 bridgehead atoms. The van der Waals surface area contributed by atoms with Crippen molar-refractivity contribution >= 4 is 29.0 Å². The summed E-state index contributed by atoms with van der Waals surface area (Å²) in [6, 6.07) is 4.91. The van der Waals surface area contributed by atoms with E-state index in [1.807, 2.05) is 0 Å². The number of hydrogen-bond acceptors (Lipinski definition) is 1. The molecule has 2 unspecified atom stereocenters. The van der Waals surface area contributed by atoms with Gasteiger partial charge < -0.3 is 0 Å². The number of hydrogen-bond donors (Lipinski definition) is 0. The summed E-state index contributed by atoms with van der Waals surface area (Å²) in [6.07, 6.45) is -3.30. The molecule has 0 radical (unpaired) electrons. The Morgan fingerprint density at radius 1 is 1.19 bits per heavy atom. The number of alkyl halides is 3. The lowest BCUT2D eigenvalue weighted by atomic mass is 9.78. The minimum Gasteiger partial charge on any atom is -0.299 e. The topological polar surface area (TPSA) is 17.1 Å². The van der Waals surface area contributed by atoms with Crippen LogP contribution in [-0.4, -0.2) is 12.0 Å². The fourth-order valence-electron chi connectivity index (χ4n) is 2.80. The van der Waals surface area contributed by atoms with E-state index in [9.17, 15) is 18.0 Å². The van der Waals surface area contributed by atoms with Crippen LogP contribution in [0, 0.1) is 11.8 Å². The minimum atomic E-state index is -4.22. The predicted molar refractivity (Wildman–Crippen MR) is 76.7 cm³/mol. The normalized spacial score (nSPS) is 23.1. The Morgan fingerprint density at radius 3 is 2.38 bits per heavy atom. The number of carbonyl (C=O) groups is 1. The zero-order valence-corrected chi connectivity index (χ0v) is 12.7. The summed E-state index contributed by atoms with van der Waals surface area (Å²) in [7, 11) is 0. The van der Waals surface area contributed by atoms with Gasteiger partial charge in [0.05, 0.1) is 5.92 Å². The Hall–Kier alpha value is -0.740. The fraction of sp³-hybridized carbons (Fsp3) is 0.533. The molecule has 2 rings (SSSR count). The number of benzene rings is 1. The highest BCUT2D eigenvalue weighted by atomic mass is 35.5. The van der Waals surface area contributed by atoms with Crippen LogP contribution in [0.3, 0.4) is 0 Å². The lowest BCUT2D eigenvalue weighted by Crippen LogP contribution is -2.32. The van der Waals surface area contributed by atoms with Gasteiger partial charge in [-0.05, 0) is 37.0 Å². The van der Waals surface area contributed by atoms with Gasteiger partial charge >= 0.3 is 6.18 Å². The van der Waals surface area contributed by atoms with Gasteiger partial charge in [-0.25, -0.2) is 0 Å². The smallest absolute Gasteiger partial charge is 0.299 e. The average Bonchev–Trinajstić information content (AvgIpc) is 2.42. The Kier molecular flexibility index (Phi) is 5.20.